The summed E-state index contributed by atoms with van der Waals surface area (Å²) in [6, 6.07) is 11.6. The molecule has 1 aromatic carbocycles. The number of hydrogen-bond acceptors (Lipinski definition) is 8. The molecule has 1 N–H and O–H groups in total. The first-order valence-electron chi connectivity index (χ1n) is 9.66. The van der Waals surface area contributed by atoms with Crippen molar-refractivity contribution in [3.8, 4) is 11.6 Å². The van der Waals surface area contributed by atoms with Crippen molar-refractivity contribution in [2.75, 3.05) is 23.3 Å². The van der Waals surface area contributed by atoms with E-state index in [0.717, 1.165) is 34.8 Å². The van der Waals surface area contributed by atoms with Crippen LogP contribution in [0.4, 0.5) is 17.5 Å². The summed E-state index contributed by atoms with van der Waals surface area (Å²) in [5, 5.41) is 5.26. The molecule has 0 bridgehead atoms. The minimum Gasteiger partial charge on any atom is -0.437 e. The zero-order chi connectivity index (χ0) is 19.5. The number of nitrogens with zero attached hydrogens (tertiary/aromatic N) is 5. The number of fused-ring (bicyclic) bond motifs is 1. The van der Waals surface area contributed by atoms with Crippen molar-refractivity contribution in [1.29, 1.82) is 0 Å². The van der Waals surface area contributed by atoms with E-state index in [0.29, 0.717) is 17.6 Å². The number of ether oxygens (including phenoxy) is 1. The molecule has 3 aromatic heterocycles. The van der Waals surface area contributed by atoms with Gasteiger partial charge in [-0.15, -0.1) is 11.3 Å². The summed E-state index contributed by atoms with van der Waals surface area (Å²) in [6.45, 7) is 2.12. The number of aromatic nitrogens is 4. The van der Waals surface area contributed by atoms with Crippen molar-refractivity contribution < 1.29 is 4.74 Å². The van der Waals surface area contributed by atoms with E-state index in [2.05, 4.69) is 30.2 Å². The number of piperidine rings is 1. The SMILES string of the molecule is c1cc(N2CCCCC2)nc(Nc2ccc(Oc3ncnc4ccsc34)cc2)n1. The van der Waals surface area contributed by atoms with Crippen LogP contribution < -0.4 is 15.0 Å². The number of thiophene rings is 1. The highest BCUT2D eigenvalue weighted by Crippen LogP contribution is 2.31. The maximum Gasteiger partial charge on any atom is 0.240 e. The lowest BCUT2D eigenvalue weighted by Crippen LogP contribution is -2.30. The molecule has 0 aliphatic carbocycles. The molecule has 0 amide bonds. The molecule has 0 saturated carbocycles. The predicted molar refractivity (Wildman–Crippen MR) is 115 cm³/mol. The van der Waals surface area contributed by atoms with Crippen molar-refractivity contribution in [2.24, 2.45) is 0 Å². The summed E-state index contributed by atoms with van der Waals surface area (Å²) in [5.74, 6) is 2.86. The van der Waals surface area contributed by atoms with Crippen LogP contribution in [0.25, 0.3) is 10.2 Å². The summed E-state index contributed by atoms with van der Waals surface area (Å²) in [6.07, 6.45) is 7.07. The summed E-state index contributed by atoms with van der Waals surface area (Å²) < 4.78 is 6.89. The largest absolute Gasteiger partial charge is 0.437 e. The van der Waals surface area contributed by atoms with Gasteiger partial charge in [0.1, 0.15) is 22.6 Å². The Kier molecular flexibility index (Phi) is 4.92. The van der Waals surface area contributed by atoms with Crippen LogP contribution in [0.3, 0.4) is 0 Å². The van der Waals surface area contributed by atoms with Crippen LogP contribution in [0.1, 0.15) is 19.3 Å². The van der Waals surface area contributed by atoms with E-state index in [9.17, 15) is 0 Å². The van der Waals surface area contributed by atoms with E-state index in [1.165, 1.54) is 25.6 Å². The van der Waals surface area contributed by atoms with Gasteiger partial charge in [-0.2, -0.15) is 4.98 Å². The van der Waals surface area contributed by atoms with Crippen molar-refractivity contribution in [2.45, 2.75) is 19.3 Å². The van der Waals surface area contributed by atoms with Crippen LogP contribution in [0.15, 0.2) is 54.3 Å². The second-order valence-corrected chi connectivity index (χ2v) is 7.77. The Morgan fingerprint density at radius 3 is 2.66 bits per heavy atom. The highest BCUT2D eigenvalue weighted by atomic mass is 32.1. The molecule has 1 aliphatic rings. The third kappa shape index (κ3) is 3.97. The second kappa shape index (κ2) is 8.00. The molecule has 1 saturated heterocycles. The van der Waals surface area contributed by atoms with Gasteiger partial charge < -0.3 is 15.0 Å². The van der Waals surface area contributed by atoms with Crippen LogP contribution in [-0.4, -0.2) is 33.0 Å². The van der Waals surface area contributed by atoms with E-state index in [1.54, 1.807) is 17.5 Å². The van der Waals surface area contributed by atoms with Crippen molar-refractivity contribution in [3.63, 3.8) is 0 Å². The Morgan fingerprint density at radius 1 is 0.931 bits per heavy atom. The molecular formula is C21H20N6OS. The Balaban J connectivity index is 1.29. The predicted octanol–water partition coefficient (Wildman–Crippen LogP) is 5.01. The monoisotopic (exact) mass is 404 g/mol. The first kappa shape index (κ1) is 17.8. The normalized spacial score (nSPS) is 14.1. The lowest BCUT2D eigenvalue weighted by atomic mass is 10.1. The fraction of sp³-hybridized carbons (Fsp3) is 0.238. The van der Waals surface area contributed by atoms with Crippen molar-refractivity contribution >= 4 is 39.0 Å². The molecule has 8 heteroatoms. The molecule has 0 radical (unpaired) electrons. The van der Waals surface area contributed by atoms with E-state index >= 15 is 0 Å². The van der Waals surface area contributed by atoms with Gasteiger partial charge in [-0.25, -0.2) is 15.0 Å². The number of benzene rings is 1. The van der Waals surface area contributed by atoms with Gasteiger partial charge in [-0.1, -0.05) is 0 Å². The molecule has 5 rings (SSSR count). The topological polar surface area (TPSA) is 76.1 Å². The van der Waals surface area contributed by atoms with E-state index in [4.69, 9.17) is 4.74 Å². The minimum atomic E-state index is 0.572. The first-order chi connectivity index (χ1) is 14.3. The molecule has 4 heterocycles. The van der Waals surface area contributed by atoms with Crippen molar-refractivity contribution in [1.82, 2.24) is 19.9 Å². The van der Waals surface area contributed by atoms with Crippen LogP contribution in [0, 0.1) is 0 Å². The van der Waals surface area contributed by atoms with Gasteiger partial charge >= 0.3 is 0 Å². The van der Waals surface area contributed by atoms with E-state index in [-0.39, 0.29) is 0 Å². The zero-order valence-electron chi connectivity index (χ0n) is 15.8. The van der Waals surface area contributed by atoms with E-state index in [1.807, 2.05) is 41.8 Å². The molecule has 0 unspecified atom stereocenters. The average Bonchev–Trinajstić information content (AvgIpc) is 3.26. The quantitative estimate of drug-likeness (QED) is 0.501. The Hall–Kier alpha value is -3.26. The Bertz CT molecular complexity index is 1110. The van der Waals surface area contributed by atoms with Crippen LogP contribution in [0.2, 0.25) is 0 Å². The Labute approximate surface area is 172 Å². The van der Waals surface area contributed by atoms with Gasteiger partial charge in [0, 0.05) is 25.0 Å². The summed E-state index contributed by atoms with van der Waals surface area (Å²) >= 11 is 1.57. The molecule has 7 nitrogen and oxygen atoms in total. The lowest BCUT2D eigenvalue weighted by molar-refractivity contribution is 0.469. The van der Waals surface area contributed by atoms with Gasteiger partial charge in [0.05, 0.1) is 5.52 Å². The molecule has 1 aliphatic heterocycles. The molecule has 1 fully saturated rings. The first-order valence-corrected chi connectivity index (χ1v) is 10.5. The number of hydrogen-bond donors (Lipinski definition) is 1. The van der Waals surface area contributed by atoms with Gasteiger partial charge in [-0.05, 0) is 61.0 Å². The van der Waals surface area contributed by atoms with Crippen LogP contribution >= 0.6 is 11.3 Å². The summed E-state index contributed by atoms with van der Waals surface area (Å²) in [7, 11) is 0. The number of rotatable bonds is 5. The molecule has 0 spiro atoms. The van der Waals surface area contributed by atoms with Crippen LogP contribution in [-0.2, 0) is 0 Å². The summed E-state index contributed by atoms with van der Waals surface area (Å²) in [4.78, 5) is 19.8. The highest BCUT2D eigenvalue weighted by Gasteiger charge is 2.13. The fourth-order valence-electron chi connectivity index (χ4n) is 3.39. The third-order valence-electron chi connectivity index (χ3n) is 4.86. The average molecular weight is 404 g/mol. The zero-order valence-corrected chi connectivity index (χ0v) is 16.6. The maximum absolute atomic E-state index is 5.95. The van der Waals surface area contributed by atoms with Crippen molar-refractivity contribution in [3.05, 3.63) is 54.3 Å². The molecule has 4 aromatic rings. The lowest BCUT2D eigenvalue weighted by Gasteiger charge is -2.27. The molecular weight excluding hydrogens is 384 g/mol. The van der Waals surface area contributed by atoms with E-state index < -0.39 is 0 Å². The van der Waals surface area contributed by atoms with Gasteiger partial charge in [0.2, 0.25) is 11.8 Å². The Morgan fingerprint density at radius 2 is 1.79 bits per heavy atom. The minimum absolute atomic E-state index is 0.572. The van der Waals surface area contributed by atoms with Gasteiger partial charge in [-0.3, -0.25) is 0 Å². The molecule has 0 atom stereocenters. The second-order valence-electron chi connectivity index (χ2n) is 6.85. The third-order valence-corrected chi connectivity index (χ3v) is 5.75. The standard InChI is InChI=1S/C21H20N6OS/c1-2-11-27(12-3-1)18-8-10-22-21(26-18)25-15-4-6-16(7-5-15)28-20-19-17(9-13-29-19)23-14-24-20/h4-10,13-14H,1-3,11-12H2,(H,22,25,26). The molecule has 29 heavy (non-hydrogen) atoms. The van der Waals surface area contributed by atoms with Gasteiger partial charge in [0.25, 0.3) is 0 Å². The number of nitrogens with one attached hydrogen (secondary N) is 1. The van der Waals surface area contributed by atoms with Crippen LogP contribution in [0.5, 0.6) is 11.6 Å². The smallest absolute Gasteiger partial charge is 0.240 e. The fourth-order valence-corrected chi connectivity index (χ4v) is 4.16. The number of anilines is 3. The van der Waals surface area contributed by atoms with Gasteiger partial charge in [0.15, 0.2) is 0 Å². The maximum atomic E-state index is 5.95. The molecule has 146 valence electrons. The summed E-state index contributed by atoms with van der Waals surface area (Å²) in [5.41, 5.74) is 1.79. The highest BCUT2D eigenvalue weighted by molar-refractivity contribution is 7.17.